The van der Waals surface area contributed by atoms with E-state index in [9.17, 15) is 13.2 Å². The van der Waals surface area contributed by atoms with E-state index in [4.69, 9.17) is 0 Å². The van der Waals surface area contributed by atoms with Crippen LogP contribution in [-0.4, -0.2) is 18.8 Å². The normalized spacial score (nSPS) is 32.0. The molecule has 1 aliphatic rings. The van der Waals surface area contributed by atoms with Gasteiger partial charge in [-0.25, -0.2) is 0 Å². The lowest BCUT2D eigenvalue weighted by molar-refractivity contribution is -0.179. The molecule has 0 saturated carbocycles. The van der Waals surface area contributed by atoms with Crippen LogP contribution in [0.3, 0.4) is 0 Å². The standard InChI is InChI=1S/C8H14F3N/c1-2-7-4-3-6(5-12-7)8(9,10)11/h6-7,12H,2-5H2,1H3. The van der Waals surface area contributed by atoms with E-state index < -0.39 is 12.1 Å². The summed E-state index contributed by atoms with van der Waals surface area (Å²) in [5.74, 6) is -1.12. The molecule has 0 amide bonds. The Kier molecular flexibility index (Phi) is 2.99. The third-order valence-electron chi connectivity index (χ3n) is 2.47. The average Bonchev–Trinajstić information content (AvgIpc) is 2.03. The summed E-state index contributed by atoms with van der Waals surface area (Å²) in [6, 6.07) is 0.295. The number of halogens is 3. The molecule has 1 rings (SSSR count). The number of nitrogens with one attached hydrogen (secondary N) is 1. The van der Waals surface area contributed by atoms with Crippen LogP contribution in [0.25, 0.3) is 0 Å². The summed E-state index contributed by atoms with van der Waals surface area (Å²) in [6.07, 6.45) is -2.15. The molecule has 12 heavy (non-hydrogen) atoms. The Labute approximate surface area is 70.3 Å². The molecule has 1 fully saturated rings. The first kappa shape index (κ1) is 9.84. The summed E-state index contributed by atoms with van der Waals surface area (Å²) >= 11 is 0. The molecule has 0 spiro atoms. The molecule has 72 valence electrons. The highest BCUT2D eigenvalue weighted by Crippen LogP contribution is 2.32. The number of piperidine rings is 1. The van der Waals surface area contributed by atoms with Gasteiger partial charge in [0, 0.05) is 12.6 Å². The van der Waals surface area contributed by atoms with E-state index in [0.717, 1.165) is 6.42 Å². The van der Waals surface area contributed by atoms with E-state index in [2.05, 4.69) is 5.32 Å². The third-order valence-corrected chi connectivity index (χ3v) is 2.47. The van der Waals surface area contributed by atoms with Gasteiger partial charge in [0.05, 0.1) is 5.92 Å². The van der Waals surface area contributed by atoms with Crippen LogP contribution >= 0.6 is 0 Å². The fourth-order valence-electron chi connectivity index (χ4n) is 1.54. The Morgan fingerprint density at radius 1 is 1.33 bits per heavy atom. The molecule has 1 nitrogen and oxygen atoms in total. The van der Waals surface area contributed by atoms with E-state index in [1.165, 1.54) is 0 Å². The van der Waals surface area contributed by atoms with Crippen molar-refractivity contribution >= 4 is 0 Å². The second-order valence-corrected chi connectivity index (χ2v) is 3.33. The van der Waals surface area contributed by atoms with Gasteiger partial charge < -0.3 is 5.32 Å². The molecule has 2 atom stereocenters. The molecule has 0 bridgehead atoms. The molecule has 4 heteroatoms. The van der Waals surface area contributed by atoms with Gasteiger partial charge >= 0.3 is 6.18 Å². The Morgan fingerprint density at radius 2 is 2.00 bits per heavy atom. The molecule has 0 aromatic rings. The highest BCUT2D eigenvalue weighted by molar-refractivity contribution is 4.80. The fourth-order valence-corrected chi connectivity index (χ4v) is 1.54. The smallest absolute Gasteiger partial charge is 0.313 e. The van der Waals surface area contributed by atoms with Gasteiger partial charge in [0.15, 0.2) is 0 Å². The first-order valence-corrected chi connectivity index (χ1v) is 4.34. The number of rotatable bonds is 1. The van der Waals surface area contributed by atoms with Gasteiger partial charge in [-0.2, -0.15) is 13.2 Å². The van der Waals surface area contributed by atoms with Gasteiger partial charge in [0.25, 0.3) is 0 Å². The molecule has 0 radical (unpaired) electrons. The van der Waals surface area contributed by atoms with Crippen LogP contribution in [0, 0.1) is 5.92 Å². The quantitative estimate of drug-likeness (QED) is 0.654. The zero-order valence-electron chi connectivity index (χ0n) is 7.12. The van der Waals surface area contributed by atoms with Crippen LogP contribution in [0.4, 0.5) is 13.2 Å². The van der Waals surface area contributed by atoms with Gasteiger partial charge in [-0.1, -0.05) is 6.92 Å². The summed E-state index contributed by atoms with van der Waals surface area (Å²) in [6.45, 7) is 2.09. The predicted octanol–water partition coefficient (Wildman–Crippen LogP) is 2.33. The lowest BCUT2D eigenvalue weighted by Crippen LogP contribution is -2.43. The zero-order valence-corrected chi connectivity index (χ0v) is 7.12. The Morgan fingerprint density at radius 3 is 2.33 bits per heavy atom. The number of alkyl halides is 3. The Hall–Kier alpha value is -0.250. The minimum Gasteiger partial charge on any atom is -0.313 e. The van der Waals surface area contributed by atoms with E-state index in [-0.39, 0.29) is 13.0 Å². The van der Waals surface area contributed by atoms with Crippen molar-refractivity contribution in [2.45, 2.75) is 38.4 Å². The molecule has 0 aliphatic carbocycles. The summed E-state index contributed by atoms with van der Waals surface area (Å²) in [5.41, 5.74) is 0. The zero-order chi connectivity index (χ0) is 9.19. The molecule has 0 aromatic carbocycles. The maximum Gasteiger partial charge on any atom is 0.393 e. The maximum absolute atomic E-state index is 12.1. The Balaban J connectivity index is 2.36. The van der Waals surface area contributed by atoms with Crippen molar-refractivity contribution in [1.29, 1.82) is 0 Å². The van der Waals surface area contributed by atoms with Crippen LogP contribution in [0.5, 0.6) is 0 Å². The molecule has 1 N–H and O–H groups in total. The second kappa shape index (κ2) is 3.64. The maximum atomic E-state index is 12.1. The summed E-state index contributed by atoms with van der Waals surface area (Å²) < 4.78 is 36.4. The molecule has 2 unspecified atom stereocenters. The SMILES string of the molecule is CCC1CCC(C(F)(F)F)CN1. The van der Waals surface area contributed by atoms with E-state index in [0.29, 0.717) is 12.5 Å². The van der Waals surface area contributed by atoms with E-state index in [1.807, 2.05) is 6.92 Å². The van der Waals surface area contributed by atoms with Crippen LogP contribution in [0.15, 0.2) is 0 Å². The molecule has 1 heterocycles. The van der Waals surface area contributed by atoms with Crippen LogP contribution in [-0.2, 0) is 0 Å². The average molecular weight is 181 g/mol. The minimum absolute atomic E-state index is 0.0992. The van der Waals surface area contributed by atoms with Crippen molar-refractivity contribution < 1.29 is 13.2 Å². The predicted molar refractivity (Wildman–Crippen MR) is 40.9 cm³/mol. The van der Waals surface area contributed by atoms with Gasteiger partial charge in [-0.05, 0) is 19.3 Å². The van der Waals surface area contributed by atoms with Gasteiger partial charge in [-0.3, -0.25) is 0 Å². The van der Waals surface area contributed by atoms with Gasteiger partial charge in [0.2, 0.25) is 0 Å². The molecule has 1 aliphatic heterocycles. The summed E-state index contributed by atoms with van der Waals surface area (Å²) in [5, 5.41) is 2.91. The second-order valence-electron chi connectivity index (χ2n) is 3.33. The molecule has 1 saturated heterocycles. The molecule has 0 aromatic heterocycles. The molecular weight excluding hydrogens is 167 g/mol. The highest BCUT2D eigenvalue weighted by Gasteiger charge is 2.40. The van der Waals surface area contributed by atoms with Gasteiger partial charge in [0.1, 0.15) is 0 Å². The minimum atomic E-state index is -4.01. The fraction of sp³-hybridized carbons (Fsp3) is 1.00. The Bertz CT molecular complexity index is 136. The number of hydrogen-bond acceptors (Lipinski definition) is 1. The number of hydrogen-bond donors (Lipinski definition) is 1. The van der Waals surface area contributed by atoms with Crippen molar-refractivity contribution in [3.8, 4) is 0 Å². The van der Waals surface area contributed by atoms with Crippen LogP contribution < -0.4 is 5.32 Å². The summed E-state index contributed by atoms with van der Waals surface area (Å²) in [4.78, 5) is 0. The first-order valence-electron chi connectivity index (χ1n) is 4.34. The monoisotopic (exact) mass is 181 g/mol. The largest absolute Gasteiger partial charge is 0.393 e. The van der Waals surface area contributed by atoms with Gasteiger partial charge in [-0.15, -0.1) is 0 Å². The summed E-state index contributed by atoms with van der Waals surface area (Å²) in [7, 11) is 0. The van der Waals surface area contributed by atoms with E-state index in [1.54, 1.807) is 0 Å². The lowest BCUT2D eigenvalue weighted by atomic mass is 9.93. The van der Waals surface area contributed by atoms with Crippen molar-refractivity contribution in [3.63, 3.8) is 0 Å². The van der Waals surface area contributed by atoms with Crippen LogP contribution in [0.2, 0.25) is 0 Å². The van der Waals surface area contributed by atoms with Crippen molar-refractivity contribution in [2.24, 2.45) is 5.92 Å². The molecular formula is C8H14F3N. The highest BCUT2D eigenvalue weighted by atomic mass is 19.4. The van der Waals surface area contributed by atoms with Crippen molar-refractivity contribution in [1.82, 2.24) is 5.32 Å². The van der Waals surface area contributed by atoms with Crippen molar-refractivity contribution in [2.75, 3.05) is 6.54 Å². The van der Waals surface area contributed by atoms with Crippen molar-refractivity contribution in [3.05, 3.63) is 0 Å². The van der Waals surface area contributed by atoms with E-state index >= 15 is 0 Å². The van der Waals surface area contributed by atoms with Crippen LogP contribution in [0.1, 0.15) is 26.2 Å². The first-order chi connectivity index (χ1) is 5.54. The third kappa shape index (κ3) is 2.37. The lowest BCUT2D eigenvalue weighted by Gasteiger charge is -2.30. The topological polar surface area (TPSA) is 12.0 Å².